The Balaban J connectivity index is 1.66. The van der Waals surface area contributed by atoms with Crippen LogP contribution in [0.25, 0.3) is 11.1 Å². The number of aryl methyl sites for hydroxylation is 1. The highest BCUT2D eigenvalue weighted by Crippen LogP contribution is 2.40. The third-order valence-electron chi connectivity index (χ3n) is 6.47. The Labute approximate surface area is 202 Å². The van der Waals surface area contributed by atoms with Crippen molar-refractivity contribution >= 4 is 12.0 Å². The van der Waals surface area contributed by atoms with Gasteiger partial charge in [0.25, 0.3) is 0 Å². The molecule has 36 heavy (non-hydrogen) atoms. The highest BCUT2D eigenvalue weighted by atomic mass is 19.4. The van der Waals surface area contributed by atoms with Crippen molar-refractivity contribution in [3.63, 3.8) is 0 Å². The highest BCUT2D eigenvalue weighted by molar-refractivity contribution is 5.64. The summed E-state index contributed by atoms with van der Waals surface area (Å²) in [6.07, 6.45) is -1.19. The summed E-state index contributed by atoms with van der Waals surface area (Å²) in [6.45, 7) is 1.95. The summed E-state index contributed by atoms with van der Waals surface area (Å²) in [7, 11) is 0. The van der Waals surface area contributed by atoms with Crippen molar-refractivity contribution in [1.82, 2.24) is 20.0 Å². The van der Waals surface area contributed by atoms with Crippen LogP contribution in [0.4, 0.5) is 27.6 Å². The number of nitrogens with two attached hydrogens (primary N) is 1. The van der Waals surface area contributed by atoms with Crippen molar-refractivity contribution in [3.8, 4) is 17.2 Å². The number of anilines is 1. The van der Waals surface area contributed by atoms with Crippen LogP contribution >= 0.6 is 0 Å². The molecule has 4 rings (SSSR count). The lowest BCUT2D eigenvalue weighted by Crippen LogP contribution is -2.63. The lowest BCUT2D eigenvalue weighted by atomic mass is 9.85. The van der Waals surface area contributed by atoms with Crippen LogP contribution in [0.3, 0.4) is 0 Å². The highest BCUT2D eigenvalue weighted by Gasteiger charge is 2.47. The van der Waals surface area contributed by atoms with Gasteiger partial charge in [-0.3, -0.25) is 9.78 Å². The quantitative estimate of drug-likeness (QED) is 0.358. The van der Waals surface area contributed by atoms with Crippen LogP contribution in [0.2, 0.25) is 0 Å². The molecule has 8 nitrogen and oxygen atoms in total. The molecule has 1 aliphatic rings. The van der Waals surface area contributed by atoms with Gasteiger partial charge in [0, 0.05) is 54.2 Å². The van der Waals surface area contributed by atoms with Crippen LogP contribution in [0, 0.1) is 29.9 Å². The van der Waals surface area contributed by atoms with Gasteiger partial charge in [-0.15, -0.1) is 0 Å². The van der Waals surface area contributed by atoms with E-state index in [0.29, 0.717) is 6.29 Å². The molecule has 0 spiro atoms. The first kappa shape index (κ1) is 25.3. The minimum atomic E-state index is -4.83. The molecule has 1 atom stereocenters. The number of nitrogens with one attached hydrogen (secondary N) is 1. The van der Waals surface area contributed by atoms with Gasteiger partial charge in [-0.1, -0.05) is 0 Å². The summed E-state index contributed by atoms with van der Waals surface area (Å²) in [4.78, 5) is 12.4. The molecule has 0 aliphatic carbocycles. The summed E-state index contributed by atoms with van der Waals surface area (Å²) in [5, 5.41) is 20.6. The molecule has 1 aromatic carbocycles. The average molecular weight is 507 g/mol. The molecule has 190 valence electrons. The van der Waals surface area contributed by atoms with Crippen LogP contribution in [0.1, 0.15) is 23.2 Å². The van der Waals surface area contributed by atoms with Crippen molar-refractivity contribution in [1.29, 1.82) is 5.26 Å². The van der Waals surface area contributed by atoms with E-state index in [1.165, 1.54) is 4.90 Å². The number of carbonyl (C=O) groups is 1. The molecule has 1 fully saturated rings. The fourth-order valence-electron chi connectivity index (χ4n) is 4.47. The second-order valence-electron chi connectivity index (χ2n) is 8.87. The van der Waals surface area contributed by atoms with Gasteiger partial charge >= 0.3 is 6.18 Å². The third-order valence-corrected chi connectivity index (χ3v) is 6.47. The van der Waals surface area contributed by atoms with E-state index >= 15 is 4.39 Å². The first-order chi connectivity index (χ1) is 17.0. The maximum atomic E-state index is 15.5. The van der Waals surface area contributed by atoms with Gasteiger partial charge < -0.3 is 15.4 Å². The number of H-pyrrole nitrogens is 1. The van der Waals surface area contributed by atoms with Gasteiger partial charge in [-0.2, -0.15) is 28.6 Å². The number of hydrogen-bond acceptors (Lipinski definition) is 6. The Hall–Kier alpha value is -3.79. The number of carbonyl (C=O) groups excluding carboxylic acids is 1. The van der Waals surface area contributed by atoms with Crippen LogP contribution in [0.15, 0.2) is 24.7 Å². The smallest absolute Gasteiger partial charge is 0.364 e. The molecule has 3 N–H and O–H groups in total. The van der Waals surface area contributed by atoms with E-state index < -0.39 is 53.4 Å². The second kappa shape index (κ2) is 9.34. The number of halogens is 5. The predicted octanol–water partition coefficient (Wildman–Crippen LogP) is 3.16. The Kier molecular flexibility index (Phi) is 6.57. The van der Waals surface area contributed by atoms with E-state index in [4.69, 9.17) is 5.73 Å². The zero-order valence-electron chi connectivity index (χ0n) is 19.1. The number of nitrogens with zero attached hydrogens (tertiary/aromatic N) is 5. The van der Waals surface area contributed by atoms with Gasteiger partial charge in [-0.05, 0) is 18.9 Å². The normalized spacial score (nSPS) is 15.9. The number of aldehydes is 1. The Morgan fingerprint density at radius 1 is 1.31 bits per heavy atom. The van der Waals surface area contributed by atoms with E-state index in [9.17, 15) is 27.6 Å². The average Bonchev–Trinajstić information content (AvgIpc) is 3.44. The fourth-order valence-corrected chi connectivity index (χ4v) is 4.47. The maximum Gasteiger partial charge on any atom is 0.403 e. The van der Waals surface area contributed by atoms with E-state index in [-0.39, 0.29) is 25.2 Å². The third kappa shape index (κ3) is 4.44. The lowest BCUT2D eigenvalue weighted by Gasteiger charge is -2.50. The molecule has 0 radical (unpaired) electrons. The van der Waals surface area contributed by atoms with Crippen molar-refractivity contribution < 1.29 is 26.7 Å². The molecule has 0 unspecified atom stereocenters. The molecular weight excluding hydrogens is 485 g/mol. The molecule has 3 aromatic rings. The number of alkyl halides is 3. The molecule has 0 bridgehead atoms. The van der Waals surface area contributed by atoms with Crippen LogP contribution in [0.5, 0.6) is 0 Å². The Morgan fingerprint density at radius 2 is 2.03 bits per heavy atom. The molecule has 1 aliphatic heterocycles. The molecule has 0 amide bonds. The summed E-state index contributed by atoms with van der Waals surface area (Å²) in [5.74, 6) is -2.08. The van der Waals surface area contributed by atoms with Crippen molar-refractivity contribution in [2.24, 2.45) is 5.73 Å². The number of aromatic amines is 1. The van der Waals surface area contributed by atoms with Crippen LogP contribution in [-0.2, 0) is 23.2 Å². The van der Waals surface area contributed by atoms with Crippen molar-refractivity contribution in [3.05, 3.63) is 53.1 Å². The topological polar surface area (TPSA) is 117 Å². The van der Waals surface area contributed by atoms with Gasteiger partial charge in [0.05, 0.1) is 30.6 Å². The molecular formula is C23H22F5N7O. The van der Waals surface area contributed by atoms with E-state index in [1.54, 1.807) is 23.3 Å². The van der Waals surface area contributed by atoms with Crippen LogP contribution in [-0.4, -0.2) is 51.6 Å². The summed E-state index contributed by atoms with van der Waals surface area (Å²) in [5.41, 5.74) is 5.39. The summed E-state index contributed by atoms with van der Waals surface area (Å²) in [6, 6.07) is 0.510. The van der Waals surface area contributed by atoms with Gasteiger partial charge in [0.1, 0.15) is 29.5 Å². The Bertz CT molecular complexity index is 1320. The first-order valence-electron chi connectivity index (χ1n) is 10.9. The van der Waals surface area contributed by atoms with E-state index in [2.05, 4.69) is 21.4 Å². The van der Waals surface area contributed by atoms with Gasteiger partial charge in [0.2, 0.25) is 0 Å². The fraction of sp³-hybridized carbons (Fsp3) is 0.391. The number of aromatic nitrogens is 4. The van der Waals surface area contributed by atoms with Crippen molar-refractivity contribution in [2.45, 2.75) is 43.9 Å². The van der Waals surface area contributed by atoms with Gasteiger partial charge in [-0.25, -0.2) is 8.78 Å². The molecule has 3 heterocycles. The van der Waals surface area contributed by atoms with Crippen molar-refractivity contribution in [2.75, 3.05) is 18.0 Å². The van der Waals surface area contributed by atoms with E-state index in [0.717, 1.165) is 22.9 Å². The summed E-state index contributed by atoms with van der Waals surface area (Å²) >= 11 is 0. The number of benzene rings is 1. The standard InChI is InChI=1S/C23H22F5N7O/c1-13-17(9-31-33-13)14-8-32-35(10-14)22(3-4-29)11-34(12-22)19-7-18(24)15(2-5-36)16(21(19)25)6-20(30)23(26,27)28/h5,7-10,20H,2-3,6,11-12,30H2,1H3,(H,31,33)/t20-/m0/s1. The predicted molar refractivity (Wildman–Crippen MR) is 119 cm³/mol. The molecule has 13 heteroatoms. The zero-order chi connectivity index (χ0) is 26.3. The van der Waals surface area contributed by atoms with E-state index in [1.807, 2.05) is 6.92 Å². The monoisotopic (exact) mass is 507 g/mol. The first-order valence-corrected chi connectivity index (χ1v) is 10.9. The zero-order valence-corrected chi connectivity index (χ0v) is 19.1. The minimum Gasteiger partial charge on any atom is -0.364 e. The second-order valence-corrected chi connectivity index (χ2v) is 8.87. The summed E-state index contributed by atoms with van der Waals surface area (Å²) < 4.78 is 71.1. The lowest BCUT2D eigenvalue weighted by molar-refractivity contribution is -0.147. The van der Waals surface area contributed by atoms with Crippen LogP contribution < -0.4 is 10.6 Å². The number of rotatable bonds is 8. The molecule has 2 aromatic heterocycles. The molecule has 1 saturated heterocycles. The minimum absolute atomic E-state index is 0.00806. The largest absolute Gasteiger partial charge is 0.403 e. The number of hydrogen-bond donors (Lipinski definition) is 2. The Morgan fingerprint density at radius 3 is 2.61 bits per heavy atom. The maximum absolute atomic E-state index is 15.5. The number of nitriles is 1. The van der Waals surface area contributed by atoms with Gasteiger partial charge in [0.15, 0.2) is 0 Å². The SMILES string of the molecule is Cc1[nH]ncc1-c1cnn(C2(CC#N)CN(c3cc(F)c(CC=O)c(C[C@H](N)C(F)(F)F)c3F)C2)c1. The molecule has 0 saturated carbocycles.